The van der Waals surface area contributed by atoms with Crippen LogP contribution in [0.3, 0.4) is 0 Å². The maximum Gasteiger partial charge on any atom is 0.224 e. The number of imidazole rings is 1. The van der Waals surface area contributed by atoms with E-state index in [2.05, 4.69) is 27.9 Å². The highest BCUT2D eigenvalue weighted by molar-refractivity contribution is 5.76. The van der Waals surface area contributed by atoms with E-state index in [0.717, 1.165) is 31.8 Å². The van der Waals surface area contributed by atoms with E-state index in [4.69, 9.17) is 0 Å². The maximum absolute atomic E-state index is 12.6. The van der Waals surface area contributed by atoms with Gasteiger partial charge in [-0.1, -0.05) is 6.92 Å². The fourth-order valence-corrected chi connectivity index (χ4v) is 3.25. The summed E-state index contributed by atoms with van der Waals surface area (Å²) in [7, 11) is 0. The number of hydrogen-bond donors (Lipinski definition) is 0. The molecule has 26 heavy (non-hydrogen) atoms. The molecule has 8 nitrogen and oxygen atoms in total. The highest BCUT2D eigenvalue weighted by Crippen LogP contribution is 2.17. The standard InChI is InChI=1S/C18H23N7O/c1-2-16-21-7-11-23(16)10-4-17(26)24-8-3-9-25(13-12-24)18-15(14-19)20-5-6-22-18/h5-7,11H,2-4,8-10,12-13H2,1H3. The van der Waals surface area contributed by atoms with E-state index in [-0.39, 0.29) is 5.91 Å². The molecule has 0 N–H and O–H groups in total. The first-order valence-electron chi connectivity index (χ1n) is 8.96. The lowest BCUT2D eigenvalue weighted by Crippen LogP contribution is -2.36. The van der Waals surface area contributed by atoms with Crippen LogP contribution in [0.1, 0.15) is 31.3 Å². The highest BCUT2D eigenvalue weighted by Gasteiger charge is 2.21. The van der Waals surface area contributed by atoms with E-state index >= 15 is 0 Å². The van der Waals surface area contributed by atoms with Gasteiger partial charge in [0.1, 0.15) is 11.9 Å². The molecule has 0 unspecified atom stereocenters. The van der Waals surface area contributed by atoms with Crippen molar-refractivity contribution in [2.75, 3.05) is 31.1 Å². The van der Waals surface area contributed by atoms with Crippen LogP contribution in [0.5, 0.6) is 0 Å². The summed E-state index contributed by atoms with van der Waals surface area (Å²) in [5.74, 6) is 1.77. The first kappa shape index (κ1) is 17.9. The number of nitriles is 1. The van der Waals surface area contributed by atoms with Crippen LogP contribution < -0.4 is 4.90 Å². The Morgan fingerprint density at radius 2 is 2.00 bits per heavy atom. The zero-order valence-corrected chi connectivity index (χ0v) is 15.0. The number of carbonyl (C=O) groups excluding carboxylic acids is 1. The number of rotatable bonds is 5. The van der Waals surface area contributed by atoms with E-state index in [1.807, 2.05) is 20.6 Å². The lowest BCUT2D eigenvalue weighted by molar-refractivity contribution is -0.131. The zero-order chi connectivity index (χ0) is 18.4. The van der Waals surface area contributed by atoms with Gasteiger partial charge in [-0.2, -0.15) is 5.26 Å². The third-order valence-electron chi connectivity index (χ3n) is 4.62. The molecule has 1 amide bonds. The summed E-state index contributed by atoms with van der Waals surface area (Å²) in [5, 5.41) is 9.21. The van der Waals surface area contributed by atoms with Gasteiger partial charge in [0, 0.05) is 70.4 Å². The Balaban J connectivity index is 1.58. The molecule has 136 valence electrons. The Kier molecular flexibility index (Phi) is 5.79. The number of hydrogen-bond acceptors (Lipinski definition) is 6. The van der Waals surface area contributed by atoms with Crippen LogP contribution in [0.4, 0.5) is 5.82 Å². The molecule has 3 heterocycles. The second-order valence-electron chi connectivity index (χ2n) is 6.20. The average molecular weight is 353 g/mol. The van der Waals surface area contributed by atoms with Crippen LogP contribution in [-0.2, 0) is 17.8 Å². The van der Waals surface area contributed by atoms with Crippen LogP contribution >= 0.6 is 0 Å². The molecule has 0 aliphatic carbocycles. The minimum absolute atomic E-state index is 0.155. The van der Waals surface area contributed by atoms with Crippen molar-refractivity contribution in [2.45, 2.75) is 32.7 Å². The van der Waals surface area contributed by atoms with Gasteiger partial charge in [0.05, 0.1) is 0 Å². The van der Waals surface area contributed by atoms with Gasteiger partial charge in [-0.05, 0) is 6.42 Å². The van der Waals surface area contributed by atoms with Crippen LogP contribution in [0.2, 0.25) is 0 Å². The predicted molar refractivity (Wildman–Crippen MR) is 96.4 cm³/mol. The number of carbonyl (C=O) groups is 1. The Morgan fingerprint density at radius 3 is 2.81 bits per heavy atom. The van der Waals surface area contributed by atoms with Gasteiger partial charge in [-0.25, -0.2) is 15.0 Å². The zero-order valence-electron chi connectivity index (χ0n) is 15.0. The molecular weight excluding hydrogens is 330 g/mol. The summed E-state index contributed by atoms with van der Waals surface area (Å²) in [6.07, 6.45) is 9.00. The van der Waals surface area contributed by atoms with Crippen LogP contribution in [0.15, 0.2) is 24.8 Å². The molecule has 1 aliphatic heterocycles. The van der Waals surface area contributed by atoms with Crippen LogP contribution in [0.25, 0.3) is 0 Å². The van der Waals surface area contributed by atoms with Gasteiger partial charge in [0.25, 0.3) is 0 Å². The molecule has 1 saturated heterocycles. The highest BCUT2D eigenvalue weighted by atomic mass is 16.2. The minimum atomic E-state index is 0.155. The van der Waals surface area contributed by atoms with Crippen molar-refractivity contribution >= 4 is 11.7 Å². The number of amides is 1. The third-order valence-corrected chi connectivity index (χ3v) is 4.62. The second-order valence-corrected chi connectivity index (χ2v) is 6.20. The van der Waals surface area contributed by atoms with Crippen molar-refractivity contribution in [3.8, 4) is 6.07 Å². The van der Waals surface area contributed by atoms with Gasteiger partial charge in [-0.3, -0.25) is 4.79 Å². The summed E-state index contributed by atoms with van der Waals surface area (Å²) in [4.78, 5) is 29.2. The van der Waals surface area contributed by atoms with Gasteiger partial charge in [0.15, 0.2) is 11.5 Å². The molecule has 0 radical (unpaired) electrons. The van der Waals surface area contributed by atoms with Gasteiger partial charge in [0.2, 0.25) is 5.91 Å². The summed E-state index contributed by atoms with van der Waals surface area (Å²) >= 11 is 0. The van der Waals surface area contributed by atoms with Crippen LogP contribution in [0, 0.1) is 11.3 Å². The van der Waals surface area contributed by atoms with Gasteiger partial charge < -0.3 is 14.4 Å². The van der Waals surface area contributed by atoms with E-state index in [9.17, 15) is 10.1 Å². The van der Waals surface area contributed by atoms with Crippen LogP contribution in [-0.4, -0.2) is 56.5 Å². The fourth-order valence-electron chi connectivity index (χ4n) is 3.25. The van der Waals surface area contributed by atoms with Gasteiger partial charge >= 0.3 is 0 Å². The monoisotopic (exact) mass is 353 g/mol. The molecule has 8 heteroatoms. The fraction of sp³-hybridized carbons (Fsp3) is 0.500. The van der Waals surface area contributed by atoms with E-state index in [1.165, 1.54) is 6.20 Å². The van der Waals surface area contributed by atoms with E-state index < -0.39 is 0 Å². The molecule has 0 atom stereocenters. The number of aromatic nitrogens is 4. The van der Waals surface area contributed by atoms with Gasteiger partial charge in [-0.15, -0.1) is 0 Å². The lowest BCUT2D eigenvalue weighted by atomic mass is 10.3. The van der Waals surface area contributed by atoms with Crippen molar-refractivity contribution in [2.24, 2.45) is 0 Å². The molecule has 2 aromatic rings. The molecule has 0 bridgehead atoms. The smallest absolute Gasteiger partial charge is 0.224 e. The van der Waals surface area contributed by atoms with Crippen molar-refractivity contribution in [3.05, 3.63) is 36.3 Å². The van der Waals surface area contributed by atoms with Crippen molar-refractivity contribution in [1.82, 2.24) is 24.4 Å². The lowest BCUT2D eigenvalue weighted by Gasteiger charge is -2.23. The Labute approximate surface area is 153 Å². The first-order valence-corrected chi connectivity index (χ1v) is 8.96. The molecule has 1 aliphatic rings. The molecule has 0 spiro atoms. The topological polar surface area (TPSA) is 90.9 Å². The maximum atomic E-state index is 12.6. The Morgan fingerprint density at radius 1 is 1.15 bits per heavy atom. The van der Waals surface area contributed by atoms with Crippen molar-refractivity contribution < 1.29 is 4.79 Å². The number of anilines is 1. The third kappa shape index (κ3) is 3.99. The molecule has 0 saturated carbocycles. The van der Waals surface area contributed by atoms with E-state index in [1.54, 1.807) is 12.4 Å². The Bertz CT molecular complexity index is 795. The first-order chi connectivity index (χ1) is 12.7. The van der Waals surface area contributed by atoms with E-state index in [0.29, 0.717) is 37.6 Å². The average Bonchev–Trinajstić information content (AvgIpc) is 3.00. The SMILES string of the molecule is CCc1nccn1CCC(=O)N1CCCN(c2nccnc2C#N)CC1. The summed E-state index contributed by atoms with van der Waals surface area (Å²) in [5.41, 5.74) is 0.333. The quantitative estimate of drug-likeness (QED) is 0.803. The molecule has 0 aromatic carbocycles. The summed E-state index contributed by atoms with van der Waals surface area (Å²) < 4.78 is 2.04. The minimum Gasteiger partial charge on any atom is -0.352 e. The number of nitrogens with zero attached hydrogens (tertiary/aromatic N) is 7. The van der Waals surface area contributed by atoms with Crippen molar-refractivity contribution in [3.63, 3.8) is 0 Å². The molecular formula is C18H23N7O. The number of aryl methyl sites for hydroxylation is 2. The molecule has 1 fully saturated rings. The van der Waals surface area contributed by atoms with Crippen molar-refractivity contribution in [1.29, 1.82) is 5.26 Å². The second kappa shape index (κ2) is 8.43. The normalized spacial score (nSPS) is 14.8. The summed E-state index contributed by atoms with van der Waals surface area (Å²) in [6, 6.07) is 2.09. The Hall–Kier alpha value is -2.95. The molecule has 2 aromatic heterocycles. The summed E-state index contributed by atoms with van der Waals surface area (Å²) in [6.45, 7) is 5.49. The molecule has 3 rings (SSSR count). The largest absolute Gasteiger partial charge is 0.352 e. The predicted octanol–water partition coefficient (Wildman–Crippen LogP) is 1.24.